The maximum atomic E-state index is 3.74. The molecule has 0 spiro atoms. The van der Waals surface area contributed by atoms with Gasteiger partial charge >= 0.3 is 0 Å². The molecule has 0 aromatic carbocycles. The highest BCUT2D eigenvalue weighted by Crippen LogP contribution is 2.35. The maximum absolute atomic E-state index is 3.74. The molecule has 1 N–H and O–H groups in total. The number of nitrogens with one attached hydrogen (secondary N) is 1. The third-order valence-corrected chi connectivity index (χ3v) is 5.52. The molecule has 112 valence electrons. The van der Waals surface area contributed by atoms with Crippen LogP contribution >= 0.6 is 0 Å². The summed E-state index contributed by atoms with van der Waals surface area (Å²) in [5.74, 6) is 2.50. The minimum absolute atomic E-state index is 0.686. The van der Waals surface area contributed by atoms with Gasteiger partial charge in [-0.2, -0.15) is 0 Å². The summed E-state index contributed by atoms with van der Waals surface area (Å²) >= 11 is 0. The van der Waals surface area contributed by atoms with E-state index in [-0.39, 0.29) is 0 Å². The second-order valence-corrected chi connectivity index (χ2v) is 7.56. The van der Waals surface area contributed by atoms with Crippen molar-refractivity contribution in [2.24, 2.45) is 17.8 Å². The molecule has 4 unspecified atom stereocenters. The molecular formula is C17H34N2. The first-order chi connectivity index (χ1) is 9.00. The zero-order chi connectivity index (χ0) is 14.0. The molecule has 0 aromatic heterocycles. The van der Waals surface area contributed by atoms with Crippen LogP contribution in [0, 0.1) is 17.8 Å². The van der Waals surface area contributed by atoms with Crippen LogP contribution in [0.1, 0.15) is 60.3 Å². The summed E-state index contributed by atoms with van der Waals surface area (Å²) in [6, 6.07) is 2.23. The third-order valence-electron chi connectivity index (χ3n) is 5.52. The Hall–Kier alpha value is -0.0800. The van der Waals surface area contributed by atoms with Gasteiger partial charge in [0.2, 0.25) is 0 Å². The fraction of sp³-hybridized carbons (Fsp3) is 1.00. The Morgan fingerprint density at radius 2 is 1.68 bits per heavy atom. The van der Waals surface area contributed by atoms with Gasteiger partial charge in [0, 0.05) is 31.2 Å². The Kier molecular flexibility index (Phi) is 5.30. The van der Waals surface area contributed by atoms with E-state index in [1.807, 2.05) is 0 Å². The van der Waals surface area contributed by atoms with Crippen LogP contribution in [0.5, 0.6) is 0 Å². The molecule has 0 amide bonds. The van der Waals surface area contributed by atoms with Gasteiger partial charge in [-0.15, -0.1) is 0 Å². The highest BCUT2D eigenvalue weighted by Gasteiger charge is 2.37. The van der Waals surface area contributed by atoms with Crippen molar-refractivity contribution in [1.29, 1.82) is 0 Å². The molecule has 2 heteroatoms. The highest BCUT2D eigenvalue weighted by atomic mass is 15.3. The van der Waals surface area contributed by atoms with E-state index in [9.17, 15) is 0 Å². The van der Waals surface area contributed by atoms with Crippen LogP contribution in [0.25, 0.3) is 0 Å². The minimum Gasteiger partial charge on any atom is -0.311 e. The zero-order valence-electron chi connectivity index (χ0n) is 13.7. The maximum Gasteiger partial charge on any atom is 0.0218 e. The van der Waals surface area contributed by atoms with Gasteiger partial charge in [-0.3, -0.25) is 4.90 Å². The molecule has 4 atom stereocenters. The molecule has 2 fully saturated rings. The lowest BCUT2D eigenvalue weighted by Gasteiger charge is -2.49. The van der Waals surface area contributed by atoms with Crippen molar-refractivity contribution in [2.45, 2.75) is 78.4 Å². The quantitative estimate of drug-likeness (QED) is 0.841. The van der Waals surface area contributed by atoms with Crippen LogP contribution < -0.4 is 5.32 Å². The van der Waals surface area contributed by atoms with E-state index in [2.05, 4.69) is 44.8 Å². The van der Waals surface area contributed by atoms with Crippen LogP contribution in [-0.4, -0.2) is 36.1 Å². The summed E-state index contributed by atoms with van der Waals surface area (Å²) < 4.78 is 0. The summed E-state index contributed by atoms with van der Waals surface area (Å²) in [7, 11) is 0. The van der Waals surface area contributed by atoms with Crippen molar-refractivity contribution in [3.63, 3.8) is 0 Å². The van der Waals surface area contributed by atoms with Crippen molar-refractivity contribution in [3.8, 4) is 0 Å². The van der Waals surface area contributed by atoms with Crippen LogP contribution in [0.15, 0.2) is 0 Å². The van der Waals surface area contributed by atoms with E-state index in [1.54, 1.807) is 0 Å². The van der Waals surface area contributed by atoms with Crippen LogP contribution in [0.4, 0.5) is 0 Å². The average molecular weight is 266 g/mol. The van der Waals surface area contributed by atoms with E-state index in [0.29, 0.717) is 12.1 Å². The summed E-state index contributed by atoms with van der Waals surface area (Å²) in [5, 5.41) is 3.74. The van der Waals surface area contributed by atoms with Gasteiger partial charge < -0.3 is 5.32 Å². The lowest BCUT2D eigenvalue weighted by Crippen LogP contribution is -2.61. The first-order valence-electron chi connectivity index (χ1n) is 8.49. The van der Waals surface area contributed by atoms with Crippen LogP contribution in [-0.2, 0) is 0 Å². The van der Waals surface area contributed by atoms with E-state index in [4.69, 9.17) is 0 Å². The molecule has 0 bridgehead atoms. The largest absolute Gasteiger partial charge is 0.311 e. The van der Waals surface area contributed by atoms with E-state index < -0.39 is 0 Å². The van der Waals surface area contributed by atoms with Gasteiger partial charge in [0.1, 0.15) is 0 Å². The number of nitrogens with zero attached hydrogens (tertiary/aromatic N) is 1. The Morgan fingerprint density at radius 1 is 1.00 bits per heavy atom. The first-order valence-corrected chi connectivity index (χ1v) is 8.49. The number of hydrogen-bond acceptors (Lipinski definition) is 2. The summed E-state index contributed by atoms with van der Waals surface area (Å²) in [6.45, 7) is 14.4. The molecule has 1 heterocycles. The third kappa shape index (κ3) is 3.52. The molecule has 0 radical (unpaired) electrons. The SMILES string of the molecule is CC(C)C1CN(C2CCCCC2C(C)C)C(C)CN1. The Balaban J connectivity index is 2.07. The van der Waals surface area contributed by atoms with E-state index in [1.165, 1.54) is 38.8 Å². The molecule has 0 aromatic rings. The minimum atomic E-state index is 0.686. The predicted molar refractivity (Wildman–Crippen MR) is 83.4 cm³/mol. The van der Waals surface area contributed by atoms with Gasteiger partial charge in [0.15, 0.2) is 0 Å². The molecular weight excluding hydrogens is 232 g/mol. The second kappa shape index (κ2) is 6.58. The zero-order valence-corrected chi connectivity index (χ0v) is 13.7. The molecule has 2 rings (SSSR count). The summed E-state index contributed by atoms with van der Waals surface area (Å²) in [6.07, 6.45) is 5.77. The van der Waals surface area contributed by atoms with Crippen molar-refractivity contribution < 1.29 is 0 Å². The van der Waals surface area contributed by atoms with Gasteiger partial charge in [-0.05, 0) is 37.5 Å². The van der Waals surface area contributed by atoms with Gasteiger partial charge in [0.25, 0.3) is 0 Å². The van der Waals surface area contributed by atoms with Crippen molar-refractivity contribution in [1.82, 2.24) is 10.2 Å². The lowest BCUT2D eigenvalue weighted by molar-refractivity contribution is 0.0158. The van der Waals surface area contributed by atoms with Crippen molar-refractivity contribution in [3.05, 3.63) is 0 Å². The van der Waals surface area contributed by atoms with Crippen molar-refractivity contribution >= 4 is 0 Å². The average Bonchev–Trinajstić information content (AvgIpc) is 2.39. The molecule has 2 aliphatic rings. The Morgan fingerprint density at radius 3 is 2.32 bits per heavy atom. The van der Waals surface area contributed by atoms with Gasteiger partial charge in [0.05, 0.1) is 0 Å². The normalized spacial score (nSPS) is 38.1. The monoisotopic (exact) mass is 266 g/mol. The van der Waals surface area contributed by atoms with Crippen LogP contribution in [0.3, 0.4) is 0 Å². The second-order valence-electron chi connectivity index (χ2n) is 7.56. The van der Waals surface area contributed by atoms with Crippen molar-refractivity contribution in [2.75, 3.05) is 13.1 Å². The first kappa shape index (κ1) is 15.3. The molecule has 1 saturated carbocycles. The standard InChI is InChI=1S/C17H34N2/c1-12(2)15-8-6-7-9-17(15)19-11-16(13(3)4)18-10-14(19)5/h12-18H,6-11H2,1-5H3. The fourth-order valence-electron chi connectivity index (χ4n) is 4.15. The predicted octanol–water partition coefficient (Wildman–Crippen LogP) is 3.52. The number of piperazine rings is 1. The molecule has 2 nitrogen and oxygen atoms in total. The number of hydrogen-bond donors (Lipinski definition) is 1. The van der Waals surface area contributed by atoms with Crippen LogP contribution in [0.2, 0.25) is 0 Å². The topological polar surface area (TPSA) is 15.3 Å². The van der Waals surface area contributed by atoms with E-state index in [0.717, 1.165) is 23.8 Å². The molecule has 19 heavy (non-hydrogen) atoms. The number of rotatable bonds is 3. The molecule has 1 aliphatic carbocycles. The molecule has 1 aliphatic heterocycles. The van der Waals surface area contributed by atoms with Gasteiger partial charge in [-0.1, -0.05) is 40.5 Å². The van der Waals surface area contributed by atoms with E-state index >= 15 is 0 Å². The van der Waals surface area contributed by atoms with Gasteiger partial charge in [-0.25, -0.2) is 0 Å². The summed E-state index contributed by atoms with van der Waals surface area (Å²) in [4.78, 5) is 2.85. The Labute approximate surface area is 120 Å². The molecule has 1 saturated heterocycles. The smallest absolute Gasteiger partial charge is 0.0218 e. The Bertz CT molecular complexity index is 274. The summed E-state index contributed by atoms with van der Waals surface area (Å²) in [5.41, 5.74) is 0. The lowest BCUT2D eigenvalue weighted by atomic mass is 9.76. The fourth-order valence-corrected chi connectivity index (χ4v) is 4.15. The highest BCUT2D eigenvalue weighted by molar-refractivity contribution is 4.93.